The first-order chi connectivity index (χ1) is 14.5. The molecule has 1 N–H and O–H groups in total. The number of carbonyl (C=O) groups is 1. The molecule has 0 saturated heterocycles. The number of benzene rings is 2. The maximum absolute atomic E-state index is 13.4. The predicted molar refractivity (Wildman–Crippen MR) is 117 cm³/mol. The zero-order valence-corrected chi connectivity index (χ0v) is 18.6. The number of urea groups is 1. The maximum atomic E-state index is 13.4. The van der Waals surface area contributed by atoms with Gasteiger partial charge in [0, 0.05) is 37.9 Å². The van der Waals surface area contributed by atoms with Crippen LogP contribution in [-0.2, 0) is 10.0 Å². The van der Waals surface area contributed by atoms with Crippen molar-refractivity contribution >= 4 is 21.7 Å². The number of hydrogen-bond donors (Lipinski definition) is 1. The summed E-state index contributed by atoms with van der Waals surface area (Å²) in [5.74, 6) is -1.29. The van der Waals surface area contributed by atoms with Crippen LogP contribution in [0.2, 0.25) is 0 Å². The van der Waals surface area contributed by atoms with Gasteiger partial charge in [0.05, 0.1) is 6.26 Å². The van der Waals surface area contributed by atoms with Gasteiger partial charge in [-0.25, -0.2) is 26.3 Å². The molecule has 0 aromatic heterocycles. The Kier molecular flexibility index (Phi) is 6.96. The first-order valence-electron chi connectivity index (χ1n) is 10.1. The Morgan fingerprint density at radius 2 is 1.42 bits per heavy atom. The molecule has 0 unspecified atom stereocenters. The summed E-state index contributed by atoms with van der Waals surface area (Å²) in [7, 11) is 0.0957. The lowest BCUT2D eigenvalue weighted by atomic mass is 9.90. The Morgan fingerprint density at radius 1 is 0.903 bits per heavy atom. The van der Waals surface area contributed by atoms with Crippen LogP contribution in [0, 0.1) is 11.6 Å². The molecule has 2 aromatic rings. The van der Waals surface area contributed by atoms with E-state index in [0.29, 0.717) is 29.7 Å². The van der Waals surface area contributed by atoms with Crippen molar-refractivity contribution in [2.75, 3.05) is 25.7 Å². The highest BCUT2D eigenvalue weighted by Gasteiger charge is 2.31. The molecule has 2 amide bonds. The largest absolute Gasteiger partial charge is 0.325 e. The highest BCUT2D eigenvalue weighted by atomic mass is 32.2. The summed E-state index contributed by atoms with van der Waals surface area (Å²) >= 11 is 0. The molecular weight excluding hydrogens is 424 g/mol. The SMILES string of the molecule is CN(C(=O)Nc1ccc(-c2cc(F)cc(F)c2)cc1)C1CCC(N(C)S(C)(=O)=O)CC1. The number of halogens is 2. The molecule has 1 saturated carbocycles. The van der Waals surface area contributed by atoms with Crippen LogP contribution < -0.4 is 5.32 Å². The highest BCUT2D eigenvalue weighted by molar-refractivity contribution is 7.88. The van der Waals surface area contributed by atoms with Gasteiger partial charge in [-0.1, -0.05) is 12.1 Å². The van der Waals surface area contributed by atoms with Crippen LogP contribution in [0.5, 0.6) is 0 Å². The maximum Gasteiger partial charge on any atom is 0.321 e. The van der Waals surface area contributed by atoms with Gasteiger partial charge in [0.2, 0.25) is 10.0 Å². The zero-order chi connectivity index (χ0) is 22.8. The third-order valence-electron chi connectivity index (χ3n) is 5.90. The first kappa shape index (κ1) is 23.1. The van der Waals surface area contributed by atoms with Gasteiger partial charge in [0.15, 0.2) is 0 Å². The van der Waals surface area contributed by atoms with Crippen LogP contribution in [0.1, 0.15) is 25.7 Å². The molecule has 2 aromatic carbocycles. The van der Waals surface area contributed by atoms with E-state index in [1.807, 2.05) is 0 Å². The molecule has 6 nitrogen and oxygen atoms in total. The second kappa shape index (κ2) is 9.32. The Bertz CT molecular complexity index is 1020. The molecule has 1 aliphatic rings. The van der Waals surface area contributed by atoms with Crippen LogP contribution in [0.3, 0.4) is 0 Å². The van der Waals surface area contributed by atoms with Crippen molar-refractivity contribution in [3.05, 3.63) is 54.1 Å². The third-order valence-corrected chi connectivity index (χ3v) is 7.25. The van der Waals surface area contributed by atoms with Gasteiger partial charge in [-0.15, -0.1) is 0 Å². The molecule has 0 bridgehead atoms. The molecule has 0 radical (unpaired) electrons. The Morgan fingerprint density at radius 3 is 1.94 bits per heavy atom. The molecule has 168 valence electrons. The monoisotopic (exact) mass is 451 g/mol. The molecule has 0 spiro atoms. The normalized spacial score (nSPS) is 19.3. The van der Waals surface area contributed by atoms with Crippen molar-refractivity contribution in [1.29, 1.82) is 0 Å². The van der Waals surface area contributed by atoms with Gasteiger partial charge in [-0.3, -0.25) is 0 Å². The number of anilines is 1. The number of rotatable bonds is 5. The Balaban J connectivity index is 1.58. The minimum Gasteiger partial charge on any atom is -0.325 e. The van der Waals surface area contributed by atoms with Crippen LogP contribution in [-0.4, -0.2) is 56.1 Å². The van der Waals surface area contributed by atoms with Crippen LogP contribution in [0.25, 0.3) is 11.1 Å². The van der Waals surface area contributed by atoms with Gasteiger partial charge in [0.25, 0.3) is 0 Å². The Labute approximate surface area is 181 Å². The van der Waals surface area contributed by atoms with E-state index in [1.54, 1.807) is 43.3 Å². The molecular formula is C22H27F2N3O3S. The summed E-state index contributed by atoms with van der Waals surface area (Å²) < 4.78 is 51.7. The fourth-order valence-corrected chi connectivity index (χ4v) is 4.68. The van der Waals surface area contributed by atoms with Crippen molar-refractivity contribution in [3.8, 4) is 11.1 Å². The van der Waals surface area contributed by atoms with E-state index in [-0.39, 0.29) is 18.1 Å². The fraction of sp³-hybridized carbons (Fsp3) is 0.409. The van der Waals surface area contributed by atoms with E-state index in [9.17, 15) is 22.0 Å². The van der Waals surface area contributed by atoms with Crippen molar-refractivity contribution in [1.82, 2.24) is 9.21 Å². The summed E-state index contributed by atoms with van der Waals surface area (Å²) in [5, 5.41) is 2.83. The van der Waals surface area contributed by atoms with Crippen LogP contribution in [0.4, 0.5) is 19.3 Å². The number of hydrogen-bond acceptors (Lipinski definition) is 3. The molecule has 1 fully saturated rings. The minimum atomic E-state index is -3.23. The third kappa shape index (κ3) is 5.80. The smallest absolute Gasteiger partial charge is 0.321 e. The lowest BCUT2D eigenvalue weighted by Crippen LogP contribution is -2.46. The lowest BCUT2D eigenvalue weighted by Gasteiger charge is -2.37. The van der Waals surface area contributed by atoms with Crippen LogP contribution >= 0.6 is 0 Å². The van der Waals surface area contributed by atoms with E-state index >= 15 is 0 Å². The summed E-state index contributed by atoms with van der Waals surface area (Å²) in [4.78, 5) is 14.3. The van der Waals surface area contributed by atoms with Gasteiger partial charge < -0.3 is 10.2 Å². The van der Waals surface area contributed by atoms with Crippen molar-refractivity contribution in [2.24, 2.45) is 0 Å². The molecule has 0 atom stereocenters. The minimum absolute atomic E-state index is 0.0266. The highest BCUT2D eigenvalue weighted by Crippen LogP contribution is 2.27. The van der Waals surface area contributed by atoms with E-state index in [0.717, 1.165) is 18.9 Å². The number of sulfonamides is 1. The van der Waals surface area contributed by atoms with E-state index in [2.05, 4.69) is 5.32 Å². The summed E-state index contributed by atoms with van der Waals surface area (Å²) in [6.07, 6.45) is 4.04. The van der Waals surface area contributed by atoms with Gasteiger partial charge in [-0.05, 0) is 61.1 Å². The number of carbonyl (C=O) groups excluding carboxylic acids is 1. The van der Waals surface area contributed by atoms with Crippen molar-refractivity contribution in [3.63, 3.8) is 0 Å². The average Bonchev–Trinajstić information content (AvgIpc) is 2.72. The summed E-state index contributed by atoms with van der Waals surface area (Å²) in [5.41, 5.74) is 1.63. The molecule has 0 heterocycles. The average molecular weight is 452 g/mol. The van der Waals surface area contributed by atoms with E-state index in [1.165, 1.54) is 22.7 Å². The first-order valence-corrected chi connectivity index (χ1v) is 11.9. The second-order valence-electron chi connectivity index (χ2n) is 8.02. The lowest BCUT2D eigenvalue weighted by molar-refractivity contribution is 0.165. The van der Waals surface area contributed by atoms with Gasteiger partial charge in [0.1, 0.15) is 11.6 Å². The summed E-state index contributed by atoms with van der Waals surface area (Å²) in [6.45, 7) is 0. The quantitative estimate of drug-likeness (QED) is 0.737. The second-order valence-corrected chi connectivity index (χ2v) is 10.1. The van der Waals surface area contributed by atoms with Crippen molar-refractivity contribution in [2.45, 2.75) is 37.8 Å². The molecule has 3 rings (SSSR count). The standard InChI is InChI=1S/C22H27F2N3O3S/c1-26(20-8-10-21(11-9-20)27(2)31(3,29)30)22(28)25-19-6-4-15(5-7-19)16-12-17(23)14-18(24)13-16/h4-7,12-14,20-21H,8-11H2,1-3H3,(H,25,28). The zero-order valence-electron chi connectivity index (χ0n) is 17.8. The Hall–Kier alpha value is -2.52. The molecule has 31 heavy (non-hydrogen) atoms. The predicted octanol–water partition coefficient (Wildman–Crippen LogP) is 4.30. The molecule has 1 aliphatic carbocycles. The fourth-order valence-electron chi connectivity index (χ4n) is 3.92. The number of nitrogens with one attached hydrogen (secondary N) is 1. The van der Waals surface area contributed by atoms with E-state index < -0.39 is 21.7 Å². The van der Waals surface area contributed by atoms with Gasteiger partial charge in [-0.2, -0.15) is 0 Å². The topological polar surface area (TPSA) is 69.7 Å². The van der Waals surface area contributed by atoms with Gasteiger partial charge >= 0.3 is 6.03 Å². The molecule has 0 aliphatic heterocycles. The van der Waals surface area contributed by atoms with Crippen LogP contribution in [0.15, 0.2) is 42.5 Å². The number of amides is 2. The molecule has 9 heteroatoms. The van der Waals surface area contributed by atoms with E-state index in [4.69, 9.17) is 0 Å². The number of nitrogens with zero attached hydrogens (tertiary/aromatic N) is 2. The van der Waals surface area contributed by atoms with Crippen molar-refractivity contribution < 1.29 is 22.0 Å². The summed E-state index contributed by atoms with van der Waals surface area (Å²) in [6, 6.07) is 9.80.